The molecule has 5 rings (SSSR count). The average Bonchev–Trinajstić information content (AvgIpc) is 3.20. The molecule has 5 heteroatoms. The van der Waals surface area contributed by atoms with Gasteiger partial charge in [-0.25, -0.2) is 0 Å². The summed E-state index contributed by atoms with van der Waals surface area (Å²) in [6.07, 6.45) is 2.12. The van der Waals surface area contributed by atoms with Crippen molar-refractivity contribution >= 4 is 17.3 Å². The summed E-state index contributed by atoms with van der Waals surface area (Å²) in [6.45, 7) is 4.05. The first kappa shape index (κ1) is 19.0. The summed E-state index contributed by atoms with van der Waals surface area (Å²) in [5.74, 6) is 1.76. The van der Waals surface area contributed by atoms with Crippen LogP contribution in [0.3, 0.4) is 0 Å². The molecule has 0 saturated carbocycles. The van der Waals surface area contributed by atoms with Crippen molar-refractivity contribution < 1.29 is 9.47 Å². The number of nitrogens with one attached hydrogen (secondary N) is 1. The van der Waals surface area contributed by atoms with E-state index in [-0.39, 0.29) is 18.4 Å². The molecule has 0 bridgehead atoms. The molecular formula is C25H23ClN2O2. The Morgan fingerprint density at radius 3 is 2.43 bits per heavy atom. The molecule has 0 radical (unpaired) electrons. The topological polar surface area (TPSA) is 33.7 Å². The SMILES string of the molecule is CC(C)Oc1ccc([C@@H]2Oc3ccccc3[C@H]3C=C(c4ccc(Cl)cc4)NN32)cc1. The molecule has 0 aliphatic carbocycles. The van der Waals surface area contributed by atoms with E-state index in [2.05, 4.69) is 34.7 Å². The van der Waals surface area contributed by atoms with Gasteiger partial charge in [-0.1, -0.05) is 54.1 Å². The van der Waals surface area contributed by atoms with Gasteiger partial charge in [0.05, 0.1) is 17.8 Å². The molecule has 0 amide bonds. The second kappa shape index (κ2) is 7.71. The fraction of sp³-hybridized carbons (Fsp3) is 0.200. The first-order valence-electron chi connectivity index (χ1n) is 10.1. The van der Waals surface area contributed by atoms with E-state index in [1.807, 2.05) is 68.4 Å². The normalized spacial score (nSPS) is 20.1. The number of fused-ring (bicyclic) bond motifs is 3. The van der Waals surface area contributed by atoms with E-state index in [0.29, 0.717) is 0 Å². The molecule has 30 heavy (non-hydrogen) atoms. The Morgan fingerprint density at radius 1 is 0.967 bits per heavy atom. The lowest BCUT2D eigenvalue weighted by Gasteiger charge is -2.39. The Kier molecular flexibility index (Phi) is 4.89. The van der Waals surface area contributed by atoms with Crippen LogP contribution in [0.2, 0.25) is 5.02 Å². The molecule has 4 nitrogen and oxygen atoms in total. The van der Waals surface area contributed by atoms with Gasteiger partial charge in [-0.15, -0.1) is 0 Å². The van der Waals surface area contributed by atoms with Crippen LogP contribution in [0.15, 0.2) is 78.9 Å². The lowest BCUT2D eigenvalue weighted by atomic mass is 10.0. The van der Waals surface area contributed by atoms with Crippen LogP contribution >= 0.6 is 11.6 Å². The Bertz CT molecular complexity index is 1080. The summed E-state index contributed by atoms with van der Waals surface area (Å²) >= 11 is 6.07. The van der Waals surface area contributed by atoms with Crippen molar-refractivity contribution in [2.45, 2.75) is 32.2 Å². The number of hydrazine groups is 1. The zero-order valence-electron chi connectivity index (χ0n) is 16.9. The highest BCUT2D eigenvalue weighted by molar-refractivity contribution is 6.30. The average molecular weight is 419 g/mol. The van der Waals surface area contributed by atoms with Crippen LogP contribution in [0.25, 0.3) is 5.70 Å². The van der Waals surface area contributed by atoms with E-state index < -0.39 is 0 Å². The smallest absolute Gasteiger partial charge is 0.195 e. The van der Waals surface area contributed by atoms with Gasteiger partial charge in [0.1, 0.15) is 11.5 Å². The maximum absolute atomic E-state index is 6.42. The van der Waals surface area contributed by atoms with Crippen molar-refractivity contribution in [3.8, 4) is 11.5 Å². The number of nitrogens with zero attached hydrogens (tertiary/aromatic N) is 1. The molecule has 2 atom stereocenters. The van der Waals surface area contributed by atoms with E-state index in [1.54, 1.807) is 0 Å². The molecular weight excluding hydrogens is 396 g/mol. The van der Waals surface area contributed by atoms with Crippen LogP contribution in [0.1, 0.15) is 42.8 Å². The van der Waals surface area contributed by atoms with E-state index in [1.165, 1.54) is 0 Å². The molecule has 2 aliphatic rings. The quantitative estimate of drug-likeness (QED) is 0.553. The highest BCUT2D eigenvalue weighted by Crippen LogP contribution is 2.46. The maximum Gasteiger partial charge on any atom is 0.195 e. The van der Waals surface area contributed by atoms with Gasteiger partial charge in [0.25, 0.3) is 0 Å². The zero-order valence-corrected chi connectivity index (χ0v) is 17.6. The van der Waals surface area contributed by atoms with Crippen LogP contribution in [-0.4, -0.2) is 11.1 Å². The second-order valence-electron chi connectivity index (χ2n) is 7.79. The Morgan fingerprint density at radius 2 is 1.70 bits per heavy atom. The number of hydrogen-bond donors (Lipinski definition) is 1. The largest absolute Gasteiger partial charge is 0.491 e. The molecule has 0 fully saturated rings. The van der Waals surface area contributed by atoms with E-state index >= 15 is 0 Å². The van der Waals surface area contributed by atoms with Crippen molar-refractivity contribution in [3.63, 3.8) is 0 Å². The van der Waals surface area contributed by atoms with Gasteiger partial charge in [0.15, 0.2) is 6.23 Å². The number of halogens is 1. The fourth-order valence-corrected chi connectivity index (χ4v) is 4.07. The Hall–Kier alpha value is -2.95. The number of benzene rings is 3. The molecule has 3 aromatic carbocycles. The third-order valence-corrected chi connectivity index (χ3v) is 5.55. The monoisotopic (exact) mass is 418 g/mol. The minimum atomic E-state index is -0.265. The Labute approximate surface area is 181 Å². The van der Waals surface area contributed by atoms with Crippen LogP contribution in [0, 0.1) is 0 Å². The van der Waals surface area contributed by atoms with E-state index in [0.717, 1.165) is 38.9 Å². The molecule has 0 saturated heterocycles. The maximum atomic E-state index is 6.42. The third-order valence-electron chi connectivity index (χ3n) is 5.29. The lowest BCUT2D eigenvalue weighted by Crippen LogP contribution is -2.43. The van der Waals surface area contributed by atoms with Crippen LogP contribution in [0.4, 0.5) is 0 Å². The Balaban J connectivity index is 1.50. The van der Waals surface area contributed by atoms with Crippen molar-refractivity contribution in [2.24, 2.45) is 0 Å². The molecule has 2 aliphatic heterocycles. The standard InChI is InChI=1S/C25H23ClN2O2/c1-16(2)29-20-13-9-18(10-14-20)25-28-23(21-5-3-4-6-24(21)30-25)15-22(27-28)17-7-11-19(26)12-8-17/h3-16,23,25,27H,1-2H3/t23-,25+/m1/s1. The summed E-state index contributed by atoms with van der Waals surface area (Å²) in [5.41, 5.74) is 7.89. The van der Waals surface area contributed by atoms with Crippen molar-refractivity contribution in [3.05, 3.63) is 101 Å². The molecule has 0 unspecified atom stereocenters. The number of para-hydroxylation sites is 1. The van der Waals surface area contributed by atoms with Gasteiger partial charge in [0.2, 0.25) is 0 Å². The van der Waals surface area contributed by atoms with Crippen LogP contribution in [0.5, 0.6) is 11.5 Å². The molecule has 1 N–H and O–H groups in total. The van der Waals surface area contributed by atoms with Gasteiger partial charge in [-0.2, -0.15) is 5.01 Å². The van der Waals surface area contributed by atoms with E-state index in [4.69, 9.17) is 21.1 Å². The summed E-state index contributed by atoms with van der Waals surface area (Å²) < 4.78 is 12.2. The first-order chi connectivity index (χ1) is 14.6. The predicted molar refractivity (Wildman–Crippen MR) is 119 cm³/mol. The van der Waals surface area contributed by atoms with Crippen molar-refractivity contribution in [2.75, 3.05) is 0 Å². The minimum absolute atomic E-state index is 0.0669. The highest BCUT2D eigenvalue weighted by atomic mass is 35.5. The third kappa shape index (κ3) is 3.53. The number of hydrogen-bond acceptors (Lipinski definition) is 4. The van der Waals surface area contributed by atoms with Crippen molar-refractivity contribution in [1.29, 1.82) is 0 Å². The summed E-state index contributed by atoms with van der Waals surface area (Å²) in [6, 6.07) is 24.3. The molecule has 3 aromatic rings. The van der Waals surface area contributed by atoms with Gasteiger partial charge in [0, 0.05) is 16.1 Å². The van der Waals surface area contributed by atoms with Crippen LogP contribution < -0.4 is 14.9 Å². The zero-order chi connectivity index (χ0) is 20.7. The number of rotatable bonds is 4. The van der Waals surface area contributed by atoms with E-state index in [9.17, 15) is 0 Å². The lowest BCUT2D eigenvalue weighted by molar-refractivity contribution is -0.0326. The van der Waals surface area contributed by atoms with Gasteiger partial charge < -0.3 is 14.9 Å². The summed E-state index contributed by atoms with van der Waals surface area (Å²) in [4.78, 5) is 0. The van der Waals surface area contributed by atoms with Crippen LogP contribution in [-0.2, 0) is 0 Å². The van der Waals surface area contributed by atoms with Gasteiger partial charge >= 0.3 is 0 Å². The number of ether oxygens (including phenoxy) is 2. The summed E-state index contributed by atoms with van der Waals surface area (Å²) in [5, 5.41) is 2.88. The molecule has 152 valence electrons. The van der Waals surface area contributed by atoms with Gasteiger partial charge in [-0.05, 0) is 55.8 Å². The fourth-order valence-electron chi connectivity index (χ4n) is 3.94. The predicted octanol–water partition coefficient (Wildman–Crippen LogP) is 6.12. The first-order valence-corrected chi connectivity index (χ1v) is 10.5. The highest BCUT2D eigenvalue weighted by Gasteiger charge is 2.40. The molecule has 0 spiro atoms. The second-order valence-corrected chi connectivity index (χ2v) is 8.23. The molecule has 0 aromatic heterocycles. The summed E-state index contributed by atoms with van der Waals surface area (Å²) in [7, 11) is 0. The van der Waals surface area contributed by atoms with Crippen molar-refractivity contribution in [1.82, 2.24) is 10.4 Å². The molecule has 2 heterocycles. The van der Waals surface area contributed by atoms with Gasteiger partial charge in [-0.3, -0.25) is 0 Å². The minimum Gasteiger partial charge on any atom is -0.491 e.